The highest BCUT2D eigenvalue weighted by molar-refractivity contribution is 6.31. The van der Waals surface area contributed by atoms with Gasteiger partial charge in [-0.2, -0.15) is 13.2 Å². The van der Waals surface area contributed by atoms with Crippen LogP contribution >= 0.6 is 11.6 Å². The Bertz CT molecular complexity index is 1120. The van der Waals surface area contributed by atoms with Gasteiger partial charge in [-0.1, -0.05) is 17.7 Å². The summed E-state index contributed by atoms with van der Waals surface area (Å²) in [5.74, 6) is -3.10. The zero-order chi connectivity index (χ0) is 27.3. The molecule has 2 aromatic rings. The number of hydrogen-bond acceptors (Lipinski definition) is 5. The van der Waals surface area contributed by atoms with Crippen molar-refractivity contribution in [3.8, 4) is 0 Å². The van der Waals surface area contributed by atoms with Gasteiger partial charge in [0, 0.05) is 55.9 Å². The fourth-order valence-electron chi connectivity index (χ4n) is 4.74. The van der Waals surface area contributed by atoms with Crippen molar-refractivity contribution in [2.75, 3.05) is 56.0 Å². The van der Waals surface area contributed by atoms with Gasteiger partial charge in [-0.25, -0.2) is 8.78 Å². The number of anilines is 2. The first kappa shape index (κ1) is 28.5. The van der Waals surface area contributed by atoms with Crippen LogP contribution in [0.5, 0.6) is 0 Å². The summed E-state index contributed by atoms with van der Waals surface area (Å²) in [4.78, 5) is 16.6. The van der Waals surface area contributed by atoms with Crippen LogP contribution in [0.3, 0.4) is 0 Å². The number of benzene rings is 2. The summed E-state index contributed by atoms with van der Waals surface area (Å²) < 4.78 is 67.4. The van der Waals surface area contributed by atoms with Gasteiger partial charge in [-0.15, -0.1) is 0 Å². The Labute approximate surface area is 223 Å². The fourth-order valence-corrected chi connectivity index (χ4v) is 4.91. The molecule has 6 nitrogen and oxygen atoms in total. The summed E-state index contributed by atoms with van der Waals surface area (Å²) in [5.41, 5.74) is 0.628. The normalized spacial score (nSPS) is 17.6. The number of carbonyl (C=O) groups excluding carboxylic acids is 1. The zero-order valence-electron chi connectivity index (χ0n) is 20.8. The lowest BCUT2D eigenvalue weighted by atomic mass is 10.1. The van der Waals surface area contributed by atoms with E-state index in [-0.39, 0.29) is 24.7 Å². The Balaban J connectivity index is 1.41. The average Bonchev–Trinajstić information content (AvgIpc) is 2.90. The standard InChI is InChI=1S/C26H31ClF5N5O/c27-18-2-4-21(22(15-18)37-13-11-36(12-14-37)10-7-26(30,31)32)35-25(38)20-3-1-17(23(28)24(20)29)16-34-19-5-8-33-9-6-19/h1-4,15,19,33-34H,5-14,16H2,(H,35,38). The third-order valence-corrected chi connectivity index (χ3v) is 7.19. The number of nitrogens with zero attached hydrogens (tertiary/aromatic N) is 2. The average molecular weight is 560 g/mol. The third-order valence-electron chi connectivity index (χ3n) is 6.96. The number of nitrogens with one attached hydrogen (secondary N) is 3. The highest BCUT2D eigenvalue weighted by Crippen LogP contribution is 2.31. The van der Waals surface area contributed by atoms with Crippen LogP contribution in [0, 0.1) is 11.6 Å². The Morgan fingerprint density at radius 2 is 1.74 bits per heavy atom. The van der Waals surface area contributed by atoms with Crippen LogP contribution in [0.2, 0.25) is 5.02 Å². The molecule has 2 saturated heterocycles. The van der Waals surface area contributed by atoms with Crippen LogP contribution in [-0.2, 0) is 6.54 Å². The van der Waals surface area contributed by atoms with Crippen LogP contribution in [-0.4, -0.2) is 68.8 Å². The molecule has 4 rings (SSSR count). The van der Waals surface area contributed by atoms with Crippen molar-refractivity contribution in [2.24, 2.45) is 0 Å². The lowest BCUT2D eigenvalue weighted by Gasteiger charge is -2.37. The molecule has 1 amide bonds. The van der Waals surface area contributed by atoms with E-state index < -0.39 is 35.7 Å². The Morgan fingerprint density at radius 1 is 1.03 bits per heavy atom. The van der Waals surface area contributed by atoms with Crippen LogP contribution in [0.25, 0.3) is 0 Å². The molecule has 0 aliphatic carbocycles. The molecule has 0 radical (unpaired) electrons. The molecule has 12 heteroatoms. The molecule has 2 aliphatic rings. The van der Waals surface area contributed by atoms with Crippen molar-refractivity contribution in [3.05, 3.63) is 58.1 Å². The molecule has 2 fully saturated rings. The minimum atomic E-state index is -4.21. The second kappa shape index (κ2) is 12.6. The Hall–Kier alpha value is -2.47. The first-order valence-electron chi connectivity index (χ1n) is 12.7. The first-order chi connectivity index (χ1) is 18.1. The molecule has 2 aromatic carbocycles. The monoisotopic (exact) mass is 559 g/mol. The fraction of sp³-hybridized carbons (Fsp3) is 0.500. The van der Waals surface area contributed by atoms with Gasteiger partial charge < -0.3 is 20.9 Å². The van der Waals surface area contributed by atoms with Gasteiger partial charge in [0.05, 0.1) is 23.4 Å². The highest BCUT2D eigenvalue weighted by atomic mass is 35.5. The molecule has 2 heterocycles. The van der Waals surface area contributed by atoms with Crippen molar-refractivity contribution < 1.29 is 26.7 Å². The summed E-state index contributed by atoms with van der Waals surface area (Å²) in [6.07, 6.45) is -3.29. The number of alkyl halides is 3. The molecular formula is C26H31ClF5N5O. The van der Waals surface area contributed by atoms with E-state index in [0.29, 0.717) is 42.6 Å². The number of rotatable bonds is 8. The smallest absolute Gasteiger partial charge is 0.367 e. The van der Waals surface area contributed by atoms with Gasteiger partial charge in [-0.3, -0.25) is 9.69 Å². The lowest BCUT2D eigenvalue weighted by Crippen LogP contribution is -2.47. The largest absolute Gasteiger partial charge is 0.390 e. The van der Waals surface area contributed by atoms with E-state index in [1.165, 1.54) is 12.1 Å². The van der Waals surface area contributed by atoms with Crippen LogP contribution < -0.4 is 20.9 Å². The van der Waals surface area contributed by atoms with E-state index in [0.717, 1.165) is 25.9 Å². The molecule has 3 N–H and O–H groups in total. The predicted octanol–water partition coefficient (Wildman–Crippen LogP) is 4.79. The molecule has 0 atom stereocenters. The molecule has 0 aromatic heterocycles. The van der Waals surface area contributed by atoms with E-state index in [4.69, 9.17) is 11.6 Å². The second-order valence-electron chi connectivity index (χ2n) is 9.61. The van der Waals surface area contributed by atoms with E-state index >= 15 is 0 Å². The Kier molecular flexibility index (Phi) is 9.45. The predicted molar refractivity (Wildman–Crippen MR) is 138 cm³/mol. The van der Waals surface area contributed by atoms with Gasteiger partial charge in [-0.05, 0) is 50.2 Å². The van der Waals surface area contributed by atoms with E-state index in [9.17, 15) is 26.7 Å². The Morgan fingerprint density at radius 3 is 2.42 bits per heavy atom. The molecule has 2 aliphatic heterocycles. The van der Waals surface area contributed by atoms with Crippen molar-refractivity contribution in [1.82, 2.24) is 15.5 Å². The number of amides is 1. The third kappa shape index (κ3) is 7.56. The number of piperidine rings is 1. The molecule has 0 bridgehead atoms. The molecule has 38 heavy (non-hydrogen) atoms. The van der Waals surface area contributed by atoms with Crippen LogP contribution in [0.4, 0.5) is 33.3 Å². The van der Waals surface area contributed by atoms with Crippen molar-refractivity contribution >= 4 is 28.9 Å². The quantitative estimate of drug-likeness (QED) is 0.406. The number of hydrogen-bond donors (Lipinski definition) is 3. The summed E-state index contributed by atoms with van der Waals surface area (Å²) in [5, 5.41) is 9.53. The van der Waals surface area contributed by atoms with Gasteiger partial charge in [0.25, 0.3) is 5.91 Å². The zero-order valence-corrected chi connectivity index (χ0v) is 21.6. The maximum absolute atomic E-state index is 14.9. The number of piperazine rings is 1. The SMILES string of the molecule is O=C(Nc1ccc(Cl)cc1N1CCN(CCC(F)(F)F)CC1)c1ccc(CNC2CCNCC2)c(F)c1F. The van der Waals surface area contributed by atoms with Gasteiger partial charge >= 0.3 is 6.18 Å². The second-order valence-corrected chi connectivity index (χ2v) is 10.1. The van der Waals surface area contributed by atoms with E-state index in [2.05, 4.69) is 16.0 Å². The molecule has 208 valence electrons. The highest BCUT2D eigenvalue weighted by Gasteiger charge is 2.29. The van der Waals surface area contributed by atoms with Crippen molar-refractivity contribution in [1.29, 1.82) is 0 Å². The summed E-state index contributed by atoms with van der Waals surface area (Å²) >= 11 is 6.17. The summed E-state index contributed by atoms with van der Waals surface area (Å²) in [6, 6.07) is 7.66. The van der Waals surface area contributed by atoms with Crippen molar-refractivity contribution in [2.45, 2.75) is 38.0 Å². The summed E-state index contributed by atoms with van der Waals surface area (Å²) in [6.45, 7) is 3.47. The maximum atomic E-state index is 14.9. The van der Waals surface area contributed by atoms with Gasteiger partial charge in [0.15, 0.2) is 11.6 Å². The molecule has 0 spiro atoms. The van der Waals surface area contributed by atoms with Gasteiger partial charge in [0.2, 0.25) is 0 Å². The molecule has 0 saturated carbocycles. The maximum Gasteiger partial charge on any atom is 0.390 e. The minimum absolute atomic E-state index is 0.0787. The summed E-state index contributed by atoms with van der Waals surface area (Å²) in [7, 11) is 0. The number of carbonyl (C=O) groups is 1. The molecular weight excluding hydrogens is 529 g/mol. The minimum Gasteiger partial charge on any atom is -0.367 e. The van der Waals surface area contributed by atoms with E-state index in [1.807, 2.05) is 4.90 Å². The molecule has 0 unspecified atom stereocenters. The van der Waals surface area contributed by atoms with Gasteiger partial charge in [0.1, 0.15) is 0 Å². The topological polar surface area (TPSA) is 59.6 Å². The lowest BCUT2D eigenvalue weighted by molar-refractivity contribution is -0.138. The van der Waals surface area contributed by atoms with Crippen LogP contribution in [0.1, 0.15) is 35.2 Å². The van der Waals surface area contributed by atoms with Crippen LogP contribution in [0.15, 0.2) is 30.3 Å². The first-order valence-corrected chi connectivity index (χ1v) is 13.0. The van der Waals surface area contributed by atoms with Crippen molar-refractivity contribution in [3.63, 3.8) is 0 Å². The van der Waals surface area contributed by atoms with E-state index in [1.54, 1.807) is 23.1 Å². The number of halogens is 6.